The third-order valence-electron chi connectivity index (χ3n) is 3.95. The van der Waals surface area contributed by atoms with Gasteiger partial charge in [0.25, 0.3) is 0 Å². The average molecular weight is 324 g/mol. The molecule has 1 atom stereocenters. The lowest BCUT2D eigenvalue weighted by Crippen LogP contribution is -2.29. The number of amides is 1. The summed E-state index contributed by atoms with van der Waals surface area (Å²) in [5.41, 5.74) is 1.16. The maximum atomic E-state index is 12.0. The maximum absolute atomic E-state index is 12.0. The standard InChI is InChI=1S/C16H22BrNO/c17-12-15(14-8-2-1-3-9-14)18-16(19)11-10-13-6-4-5-7-13/h1-3,8-9,13,15H,4-7,10-12H2,(H,18,19). The van der Waals surface area contributed by atoms with E-state index in [2.05, 4.69) is 33.4 Å². The van der Waals surface area contributed by atoms with Crippen molar-refractivity contribution >= 4 is 21.8 Å². The first-order chi connectivity index (χ1) is 9.29. The lowest BCUT2D eigenvalue weighted by atomic mass is 10.0. The van der Waals surface area contributed by atoms with Crippen LogP contribution in [0.3, 0.4) is 0 Å². The number of carbonyl (C=O) groups excluding carboxylic acids is 1. The van der Waals surface area contributed by atoms with E-state index in [0.717, 1.165) is 23.2 Å². The van der Waals surface area contributed by atoms with Gasteiger partial charge in [0, 0.05) is 11.8 Å². The first-order valence-corrected chi connectivity index (χ1v) is 8.32. The summed E-state index contributed by atoms with van der Waals surface area (Å²) in [5, 5.41) is 3.88. The Hall–Kier alpha value is -0.830. The Kier molecular flexibility index (Phi) is 5.90. The van der Waals surface area contributed by atoms with Crippen molar-refractivity contribution in [1.29, 1.82) is 0 Å². The number of alkyl halides is 1. The molecule has 0 spiro atoms. The van der Waals surface area contributed by atoms with Gasteiger partial charge in [-0.2, -0.15) is 0 Å². The molecule has 1 amide bonds. The van der Waals surface area contributed by atoms with E-state index in [1.165, 1.54) is 25.7 Å². The van der Waals surface area contributed by atoms with Crippen LogP contribution in [0.1, 0.15) is 50.1 Å². The van der Waals surface area contributed by atoms with Gasteiger partial charge in [-0.1, -0.05) is 71.9 Å². The number of halogens is 1. The Bertz CT molecular complexity index is 387. The highest BCUT2D eigenvalue weighted by Crippen LogP contribution is 2.28. The largest absolute Gasteiger partial charge is 0.348 e. The van der Waals surface area contributed by atoms with Crippen LogP contribution in [0, 0.1) is 5.92 Å². The van der Waals surface area contributed by atoms with Crippen LogP contribution in [0.4, 0.5) is 0 Å². The van der Waals surface area contributed by atoms with Crippen molar-refractivity contribution in [2.24, 2.45) is 5.92 Å². The van der Waals surface area contributed by atoms with Gasteiger partial charge in [0.2, 0.25) is 5.91 Å². The maximum Gasteiger partial charge on any atom is 0.220 e. The highest BCUT2D eigenvalue weighted by molar-refractivity contribution is 9.09. The third-order valence-corrected chi connectivity index (χ3v) is 4.59. The zero-order chi connectivity index (χ0) is 13.5. The second-order valence-corrected chi connectivity index (χ2v) is 6.02. The topological polar surface area (TPSA) is 29.1 Å². The number of nitrogens with one attached hydrogen (secondary N) is 1. The van der Waals surface area contributed by atoms with Crippen LogP contribution >= 0.6 is 15.9 Å². The lowest BCUT2D eigenvalue weighted by Gasteiger charge is -2.17. The molecular formula is C16H22BrNO. The van der Waals surface area contributed by atoms with E-state index in [1.807, 2.05) is 18.2 Å². The molecule has 1 N–H and O–H groups in total. The highest BCUT2D eigenvalue weighted by atomic mass is 79.9. The normalized spacial score (nSPS) is 17.3. The molecule has 0 radical (unpaired) electrons. The summed E-state index contributed by atoms with van der Waals surface area (Å²) in [6.07, 6.45) is 7.04. The lowest BCUT2D eigenvalue weighted by molar-refractivity contribution is -0.122. The molecule has 19 heavy (non-hydrogen) atoms. The van der Waals surface area contributed by atoms with Gasteiger partial charge in [-0.3, -0.25) is 4.79 Å². The van der Waals surface area contributed by atoms with Gasteiger partial charge < -0.3 is 5.32 Å². The molecule has 1 fully saturated rings. The molecule has 1 aromatic carbocycles. The van der Waals surface area contributed by atoms with E-state index in [4.69, 9.17) is 0 Å². The molecule has 1 aliphatic rings. The SMILES string of the molecule is O=C(CCC1CCCC1)NC(CBr)c1ccccc1. The van der Waals surface area contributed by atoms with Gasteiger partial charge >= 0.3 is 0 Å². The molecule has 104 valence electrons. The summed E-state index contributed by atoms with van der Waals surface area (Å²) < 4.78 is 0. The number of benzene rings is 1. The number of hydrogen-bond donors (Lipinski definition) is 1. The fraction of sp³-hybridized carbons (Fsp3) is 0.562. The summed E-state index contributed by atoms with van der Waals surface area (Å²) in [5.74, 6) is 0.963. The Balaban J connectivity index is 1.79. The van der Waals surface area contributed by atoms with Gasteiger partial charge in [0.1, 0.15) is 0 Å². The van der Waals surface area contributed by atoms with Crippen LogP contribution in [-0.4, -0.2) is 11.2 Å². The molecule has 0 heterocycles. The minimum atomic E-state index is 0.0808. The Morgan fingerprint density at radius 3 is 2.58 bits per heavy atom. The Labute approximate surface area is 124 Å². The highest BCUT2D eigenvalue weighted by Gasteiger charge is 2.18. The fourth-order valence-electron chi connectivity index (χ4n) is 2.80. The summed E-state index contributed by atoms with van der Waals surface area (Å²) >= 11 is 3.48. The van der Waals surface area contributed by atoms with Crippen LogP contribution in [0.5, 0.6) is 0 Å². The van der Waals surface area contributed by atoms with Gasteiger partial charge in [-0.05, 0) is 17.9 Å². The van der Waals surface area contributed by atoms with E-state index in [1.54, 1.807) is 0 Å². The first-order valence-electron chi connectivity index (χ1n) is 7.20. The van der Waals surface area contributed by atoms with Crippen molar-refractivity contribution in [1.82, 2.24) is 5.32 Å². The van der Waals surface area contributed by atoms with Crippen LogP contribution in [0.2, 0.25) is 0 Å². The van der Waals surface area contributed by atoms with E-state index >= 15 is 0 Å². The molecule has 0 aliphatic heterocycles. The molecule has 0 saturated heterocycles. The van der Waals surface area contributed by atoms with Crippen molar-refractivity contribution in [3.05, 3.63) is 35.9 Å². The van der Waals surface area contributed by atoms with Crippen molar-refractivity contribution in [2.75, 3.05) is 5.33 Å². The summed E-state index contributed by atoms with van der Waals surface area (Å²) in [4.78, 5) is 12.0. The minimum Gasteiger partial charge on any atom is -0.348 e. The number of hydrogen-bond acceptors (Lipinski definition) is 1. The molecule has 1 saturated carbocycles. The second kappa shape index (κ2) is 7.68. The van der Waals surface area contributed by atoms with E-state index in [-0.39, 0.29) is 11.9 Å². The smallest absolute Gasteiger partial charge is 0.220 e. The first kappa shape index (κ1) is 14.6. The van der Waals surface area contributed by atoms with Crippen LogP contribution in [0.25, 0.3) is 0 Å². The number of carbonyl (C=O) groups is 1. The Morgan fingerprint density at radius 2 is 1.95 bits per heavy atom. The van der Waals surface area contributed by atoms with Crippen LogP contribution < -0.4 is 5.32 Å². The predicted octanol–water partition coefficient (Wildman–Crippen LogP) is 4.21. The molecule has 2 rings (SSSR count). The summed E-state index contributed by atoms with van der Waals surface area (Å²) in [6, 6.07) is 10.2. The van der Waals surface area contributed by atoms with Crippen LogP contribution in [-0.2, 0) is 4.79 Å². The molecule has 0 bridgehead atoms. The van der Waals surface area contributed by atoms with E-state index in [9.17, 15) is 4.79 Å². The Morgan fingerprint density at radius 1 is 1.26 bits per heavy atom. The van der Waals surface area contributed by atoms with Gasteiger partial charge in [0.05, 0.1) is 6.04 Å². The predicted molar refractivity (Wildman–Crippen MR) is 82.3 cm³/mol. The van der Waals surface area contributed by atoms with Crippen LogP contribution in [0.15, 0.2) is 30.3 Å². The van der Waals surface area contributed by atoms with Crippen molar-refractivity contribution in [3.8, 4) is 0 Å². The fourth-order valence-corrected chi connectivity index (χ4v) is 3.33. The summed E-state index contributed by atoms with van der Waals surface area (Å²) in [6.45, 7) is 0. The molecule has 2 nitrogen and oxygen atoms in total. The molecule has 1 unspecified atom stereocenters. The van der Waals surface area contributed by atoms with E-state index in [0.29, 0.717) is 6.42 Å². The monoisotopic (exact) mass is 323 g/mol. The molecule has 0 aromatic heterocycles. The number of rotatable bonds is 6. The van der Waals surface area contributed by atoms with Gasteiger partial charge in [0.15, 0.2) is 0 Å². The molecule has 3 heteroatoms. The molecular weight excluding hydrogens is 302 g/mol. The zero-order valence-electron chi connectivity index (χ0n) is 11.3. The molecule has 1 aromatic rings. The quantitative estimate of drug-likeness (QED) is 0.780. The van der Waals surface area contributed by atoms with E-state index < -0.39 is 0 Å². The van der Waals surface area contributed by atoms with Gasteiger partial charge in [-0.25, -0.2) is 0 Å². The zero-order valence-corrected chi connectivity index (χ0v) is 12.9. The van der Waals surface area contributed by atoms with Crippen molar-refractivity contribution in [3.63, 3.8) is 0 Å². The van der Waals surface area contributed by atoms with Crippen molar-refractivity contribution < 1.29 is 4.79 Å². The minimum absolute atomic E-state index is 0.0808. The third kappa shape index (κ3) is 4.64. The summed E-state index contributed by atoms with van der Waals surface area (Å²) in [7, 11) is 0. The second-order valence-electron chi connectivity index (χ2n) is 5.37. The van der Waals surface area contributed by atoms with Crippen molar-refractivity contribution in [2.45, 2.75) is 44.6 Å². The average Bonchev–Trinajstić information content (AvgIpc) is 2.97. The van der Waals surface area contributed by atoms with Gasteiger partial charge in [-0.15, -0.1) is 0 Å². The molecule has 1 aliphatic carbocycles.